The number of imidazole rings is 1. The van der Waals surface area contributed by atoms with Crippen LogP contribution in [0.2, 0.25) is 0 Å². The van der Waals surface area contributed by atoms with Crippen LogP contribution in [-0.2, 0) is 4.79 Å². The van der Waals surface area contributed by atoms with Gasteiger partial charge in [-0.25, -0.2) is 4.98 Å². The maximum atomic E-state index is 12.5. The Morgan fingerprint density at radius 1 is 1.16 bits per heavy atom. The fourth-order valence-electron chi connectivity index (χ4n) is 4.41. The molecule has 1 saturated carbocycles. The maximum absolute atomic E-state index is 12.5. The minimum atomic E-state index is 0.200. The van der Waals surface area contributed by atoms with Crippen LogP contribution in [0, 0.1) is 20.8 Å². The average Bonchev–Trinajstić information content (AvgIpc) is 3.29. The maximum Gasteiger partial charge on any atom is 0.223 e. The van der Waals surface area contributed by atoms with Crippen molar-refractivity contribution in [1.82, 2.24) is 14.9 Å². The largest absolute Gasteiger partial charge is 0.345 e. The van der Waals surface area contributed by atoms with E-state index in [2.05, 4.69) is 48.9 Å². The molecule has 1 saturated heterocycles. The SMILES string of the molecule is Cc1ccc(C)c(-c2nc(C3CC(=O)N(C4CCCC4)C3)[nH]c2C)c1. The topological polar surface area (TPSA) is 49.0 Å². The van der Waals surface area contributed by atoms with E-state index in [0.29, 0.717) is 18.4 Å². The Morgan fingerprint density at radius 3 is 2.68 bits per heavy atom. The van der Waals surface area contributed by atoms with Gasteiger partial charge in [-0.05, 0) is 45.2 Å². The van der Waals surface area contributed by atoms with Gasteiger partial charge in [0.05, 0.1) is 5.69 Å². The number of nitrogens with zero attached hydrogens (tertiary/aromatic N) is 2. The van der Waals surface area contributed by atoms with Crippen molar-refractivity contribution in [1.29, 1.82) is 0 Å². The van der Waals surface area contributed by atoms with Gasteiger partial charge in [0, 0.05) is 36.2 Å². The van der Waals surface area contributed by atoms with Gasteiger partial charge < -0.3 is 9.88 Å². The Kier molecular flexibility index (Phi) is 4.14. The number of hydrogen-bond donors (Lipinski definition) is 1. The fourth-order valence-corrected chi connectivity index (χ4v) is 4.41. The number of nitrogens with one attached hydrogen (secondary N) is 1. The summed E-state index contributed by atoms with van der Waals surface area (Å²) in [7, 11) is 0. The van der Waals surface area contributed by atoms with Crippen molar-refractivity contribution in [2.24, 2.45) is 0 Å². The first-order valence-corrected chi connectivity index (χ1v) is 9.46. The monoisotopic (exact) mass is 337 g/mol. The zero-order chi connectivity index (χ0) is 17.6. The highest BCUT2D eigenvalue weighted by Crippen LogP contribution is 2.35. The van der Waals surface area contributed by atoms with Crippen molar-refractivity contribution in [3.63, 3.8) is 0 Å². The Morgan fingerprint density at radius 2 is 1.92 bits per heavy atom. The van der Waals surface area contributed by atoms with Gasteiger partial charge in [0.2, 0.25) is 5.91 Å². The van der Waals surface area contributed by atoms with Crippen LogP contribution in [0.25, 0.3) is 11.3 Å². The molecule has 0 bridgehead atoms. The second-order valence-corrected chi connectivity index (χ2v) is 7.80. The standard InChI is InChI=1S/C21H27N3O/c1-13-8-9-14(2)18(10-13)20-15(3)22-21(23-20)16-11-19(25)24(12-16)17-6-4-5-7-17/h8-10,16-17H,4-7,11-12H2,1-3H3,(H,22,23). The van der Waals surface area contributed by atoms with Crippen LogP contribution in [0.15, 0.2) is 18.2 Å². The molecule has 1 amide bonds. The van der Waals surface area contributed by atoms with Gasteiger partial charge in [0.1, 0.15) is 5.82 Å². The van der Waals surface area contributed by atoms with Crippen LogP contribution < -0.4 is 0 Å². The second kappa shape index (κ2) is 6.32. The lowest BCUT2D eigenvalue weighted by Crippen LogP contribution is -2.34. The van der Waals surface area contributed by atoms with Crippen LogP contribution in [0.3, 0.4) is 0 Å². The molecule has 4 nitrogen and oxygen atoms in total. The molecule has 132 valence electrons. The Bertz CT molecular complexity index is 801. The summed E-state index contributed by atoms with van der Waals surface area (Å²) in [5.74, 6) is 1.48. The van der Waals surface area contributed by atoms with E-state index in [9.17, 15) is 4.79 Å². The van der Waals surface area contributed by atoms with Crippen LogP contribution in [0.1, 0.15) is 60.7 Å². The zero-order valence-corrected chi connectivity index (χ0v) is 15.4. The van der Waals surface area contributed by atoms with Crippen molar-refractivity contribution in [3.05, 3.63) is 40.8 Å². The van der Waals surface area contributed by atoms with Gasteiger partial charge in [0.25, 0.3) is 0 Å². The number of H-pyrrole nitrogens is 1. The van der Waals surface area contributed by atoms with Gasteiger partial charge in [-0.2, -0.15) is 0 Å². The highest BCUT2D eigenvalue weighted by atomic mass is 16.2. The summed E-state index contributed by atoms with van der Waals surface area (Å²) in [4.78, 5) is 23.0. The third kappa shape index (κ3) is 2.99. The van der Waals surface area contributed by atoms with Crippen LogP contribution >= 0.6 is 0 Å². The molecule has 1 aromatic heterocycles. The Labute approximate surface area is 149 Å². The van der Waals surface area contributed by atoms with E-state index in [0.717, 1.165) is 23.8 Å². The second-order valence-electron chi connectivity index (χ2n) is 7.80. The number of hydrogen-bond acceptors (Lipinski definition) is 2. The minimum Gasteiger partial charge on any atom is -0.345 e. The highest BCUT2D eigenvalue weighted by molar-refractivity contribution is 5.80. The van der Waals surface area contributed by atoms with E-state index in [4.69, 9.17) is 4.98 Å². The first-order valence-electron chi connectivity index (χ1n) is 9.46. The number of carbonyl (C=O) groups is 1. The molecule has 4 heteroatoms. The number of rotatable bonds is 3. The summed E-state index contributed by atoms with van der Waals surface area (Å²) in [6.45, 7) is 7.15. The highest BCUT2D eigenvalue weighted by Gasteiger charge is 2.37. The summed E-state index contributed by atoms with van der Waals surface area (Å²) < 4.78 is 0. The number of amides is 1. The van der Waals surface area contributed by atoms with E-state index < -0.39 is 0 Å². The molecule has 1 unspecified atom stereocenters. The molecule has 2 aliphatic rings. The van der Waals surface area contributed by atoms with Crippen LogP contribution in [0.5, 0.6) is 0 Å². The van der Waals surface area contributed by atoms with Gasteiger partial charge in [0.15, 0.2) is 0 Å². The number of carbonyl (C=O) groups excluding carboxylic acids is 1. The van der Waals surface area contributed by atoms with Crippen molar-refractivity contribution in [2.45, 2.75) is 64.8 Å². The minimum absolute atomic E-state index is 0.200. The summed E-state index contributed by atoms with van der Waals surface area (Å²) in [6.07, 6.45) is 5.45. The van der Waals surface area contributed by atoms with Crippen LogP contribution in [-0.4, -0.2) is 33.4 Å². The van der Waals surface area contributed by atoms with E-state index in [1.807, 2.05) is 0 Å². The summed E-state index contributed by atoms with van der Waals surface area (Å²) in [6, 6.07) is 6.95. The number of benzene rings is 1. The van der Waals surface area contributed by atoms with Gasteiger partial charge in [-0.1, -0.05) is 30.5 Å². The third-order valence-corrected chi connectivity index (χ3v) is 5.86. The molecule has 1 aliphatic carbocycles. The normalized spacial score (nSPS) is 21.5. The van der Waals surface area contributed by atoms with E-state index in [1.54, 1.807) is 0 Å². The summed E-state index contributed by atoms with van der Waals surface area (Å²) in [5.41, 5.74) is 5.80. The van der Waals surface area contributed by atoms with Crippen molar-refractivity contribution >= 4 is 5.91 Å². The number of aryl methyl sites for hydroxylation is 3. The lowest BCUT2D eigenvalue weighted by Gasteiger charge is -2.23. The molecular formula is C21H27N3O. The zero-order valence-electron chi connectivity index (χ0n) is 15.4. The smallest absolute Gasteiger partial charge is 0.223 e. The molecule has 1 atom stereocenters. The number of aromatic nitrogens is 2. The van der Waals surface area contributed by atoms with Gasteiger partial charge in [-0.3, -0.25) is 4.79 Å². The predicted octanol–water partition coefficient (Wildman–Crippen LogP) is 4.26. The number of likely N-dealkylation sites (tertiary alicyclic amines) is 1. The van der Waals surface area contributed by atoms with E-state index >= 15 is 0 Å². The first kappa shape index (κ1) is 16.4. The molecule has 1 aromatic carbocycles. The molecular weight excluding hydrogens is 310 g/mol. The molecule has 1 N–H and O–H groups in total. The Hall–Kier alpha value is -2.10. The molecule has 2 fully saturated rings. The van der Waals surface area contributed by atoms with Crippen LogP contribution in [0.4, 0.5) is 0 Å². The molecule has 1 aliphatic heterocycles. The molecule has 4 rings (SSSR count). The summed E-state index contributed by atoms with van der Waals surface area (Å²) >= 11 is 0. The molecule has 0 spiro atoms. The Balaban J connectivity index is 1.60. The molecule has 25 heavy (non-hydrogen) atoms. The van der Waals surface area contributed by atoms with E-state index in [-0.39, 0.29) is 5.92 Å². The average molecular weight is 337 g/mol. The van der Waals surface area contributed by atoms with E-state index in [1.165, 1.54) is 42.4 Å². The van der Waals surface area contributed by atoms with Gasteiger partial charge in [-0.15, -0.1) is 0 Å². The first-order chi connectivity index (χ1) is 12.0. The van der Waals surface area contributed by atoms with Crippen molar-refractivity contribution in [3.8, 4) is 11.3 Å². The fraction of sp³-hybridized carbons (Fsp3) is 0.524. The lowest BCUT2D eigenvalue weighted by molar-refractivity contribution is -0.129. The predicted molar refractivity (Wildman–Crippen MR) is 99.6 cm³/mol. The molecule has 2 aromatic rings. The molecule has 0 radical (unpaired) electrons. The molecule has 2 heterocycles. The number of aromatic amines is 1. The van der Waals surface area contributed by atoms with Crippen molar-refractivity contribution in [2.75, 3.05) is 6.54 Å². The lowest BCUT2D eigenvalue weighted by atomic mass is 10.0. The summed E-state index contributed by atoms with van der Waals surface area (Å²) in [5, 5.41) is 0. The van der Waals surface area contributed by atoms with Crippen molar-refractivity contribution < 1.29 is 4.79 Å². The third-order valence-electron chi connectivity index (χ3n) is 5.86. The quantitative estimate of drug-likeness (QED) is 0.910. The van der Waals surface area contributed by atoms with Gasteiger partial charge >= 0.3 is 0 Å².